The van der Waals surface area contributed by atoms with Gasteiger partial charge in [-0.05, 0) is 51.0 Å². The van der Waals surface area contributed by atoms with E-state index in [0.717, 1.165) is 19.3 Å². The molecule has 0 aliphatic heterocycles. The predicted octanol–water partition coefficient (Wildman–Crippen LogP) is 3.40. The summed E-state index contributed by atoms with van der Waals surface area (Å²) in [5.41, 5.74) is -1.38. The van der Waals surface area contributed by atoms with Crippen molar-refractivity contribution in [2.24, 2.45) is 5.92 Å². The second-order valence-corrected chi connectivity index (χ2v) is 6.90. The van der Waals surface area contributed by atoms with Crippen molar-refractivity contribution >= 4 is 11.8 Å². The summed E-state index contributed by atoms with van der Waals surface area (Å²) in [5.74, 6) is -1.65. The van der Waals surface area contributed by atoms with Crippen LogP contribution < -0.4 is 0 Å². The van der Waals surface area contributed by atoms with Gasteiger partial charge in [0.05, 0.1) is 12.0 Å². The van der Waals surface area contributed by atoms with Crippen molar-refractivity contribution in [1.29, 1.82) is 0 Å². The van der Waals surface area contributed by atoms with Crippen LogP contribution in [-0.2, 0) is 9.59 Å². The molecule has 0 amide bonds. The molecule has 3 unspecified atom stereocenters. The number of aliphatic carboxylic acids is 1. The van der Waals surface area contributed by atoms with Crippen LogP contribution in [0.25, 0.3) is 0 Å². The average molecular weight is 352 g/mol. The molecular weight excluding hydrogens is 320 g/mol. The summed E-state index contributed by atoms with van der Waals surface area (Å²) in [4.78, 5) is 22.5. The second-order valence-electron chi connectivity index (χ2n) is 6.90. The summed E-state index contributed by atoms with van der Waals surface area (Å²) in [6.45, 7) is 2.18. The van der Waals surface area contributed by atoms with Gasteiger partial charge in [-0.3, -0.25) is 9.59 Å². The minimum absolute atomic E-state index is 0.0440. The number of carboxylic acid groups (broad SMARTS) is 1. The molecule has 1 fully saturated rings. The lowest BCUT2D eigenvalue weighted by molar-refractivity contribution is -0.137. The number of aliphatic hydroxyl groups is 2. The molecule has 1 aliphatic rings. The van der Waals surface area contributed by atoms with Crippen LogP contribution in [0.4, 0.5) is 0 Å². The molecule has 0 radical (unpaired) electrons. The van der Waals surface area contributed by atoms with Crippen molar-refractivity contribution in [3.8, 4) is 0 Å². The van der Waals surface area contributed by atoms with Gasteiger partial charge in [0.15, 0.2) is 5.78 Å². The third-order valence-electron chi connectivity index (χ3n) is 4.69. The smallest absolute Gasteiger partial charge is 0.303 e. The predicted molar refractivity (Wildman–Crippen MR) is 97.2 cm³/mol. The van der Waals surface area contributed by atoms with Crippen LogP contribution >= 0.6 is 0 Å². The first-order chi connectivity index (χ1) is 11.9. The number of carboxylic acids is 1. The fraction of sp³-hybridized carbons (Fsp3) is 0.700. The second kappa shape index (κ2) is 11.2. The summed E-state index contributed by atoms with van der Waals surface area (Å²) in [7, 11) is 0. The van der Waals surface area contributed by atoms with E-state index in [9.17, 15) is 19.8 Å². The lowest BCUT2D eigenvalue weighted by atomic mass is 10.0. The Balaban J connectivity index is 2.21. The largest absolute Gasteiger partial charge is 0.481 e. The molecule has 3 N–H and O–H groups in total. The van der Waals surface area contributed by atoms with E-state index < -0.39 is 23.6 Å². The lowest BCUT2D eigenvalue weighted by Gasteiger charge is -2.17. The molecule has 25 heavy (non-hydrogen) atoms. The Labute approximate surface area is 150 Å². The van der Waals surface area contributed by atoms with Crippen LogP contribution in [0.3, 0.4) is 0 Å². The van der Waals surface area contributed by atoms with Crippen molar-refractivity contribution in [2.75, 3.05) is 0 Å². The van der Waals surface area contributed by atoms with Crippen LogP contribution in [0.5, 0.6) is 0 Å². The van der Waals surface area contributed by atoms with Gasteiger partial charge in [0.2, 0.25) is 0 Å². The van der Waals surface area contributed by atoms with Gasteiger partial charge in [-0.15, -0.1) is 0 Å². The maximum absolute atomic E-state index is 12.0. The highest BCUT2D eigenvalue weighted by Gasteiger charge is 2.60. The molecule has 0 saturated heterocycles. The molecule has 0 spiro atoms. The third kappa shape index (κ3) is 7.97. The Bertz CT molecular complexity index is 482. The first-order valence-electron chi connectivity index (χ1n) is 9.39. The molecule has 0 aromatic carbocycles. The molecule has 3 atom stereocenters. The SMILES string of the molecule is CCCCCC=CCCC=CC(=O)C1CC1(O)C(O)CCCC(=O)O. The van der Waals surface area contributed by atoms with Gasteiger partial charge in [-0.2, -0.15) is 0 Å². The Hall–Kier alpha value is -1.46. The van der Waals surface area contributed by atoms with Gasteiger partial charge < -0.3 is 15.3 Å². The molecular formula is C20H32O5. The first kappa shape index (κ1) is 21.6. The van der Waals surface area contributed by atoms with Crippen LogP contribution in [0.1, 0.15) is 71.1 Å². The van der Waals surface area contributed by atoms with Gasteiger partial charge in [0, 0.05) is 6.42 Å². The normalized spacial score (nSPS) is 24.0. The van der Waals surface area contributed by atoms with Gasteiger partial charge >= 0.3 is 5.97 Å². The zero-order chi connectivity index (χ0) is 18.7. The Morgan fingerprint density at radius 2 is 1.80 bits per heavy atom. The summed E-state index contributed by atoms with van der Waals surface area (Å²) < 4.78 is 0. The maximum atomic E-state index is 12.0. The van der Waals surface area contributed by atoms with Crippen LogP contribution in [0.2, 0.25) is 0 Å². The highest BCUT2D eigenvalue weighted by Crippen LogP contribution is 2.48. The number of hydrogen-bond acceptors (Lipinski definition) is 4. The quantitative estimate of drug-likeness (QED) is 0.253. The van der Waals surface area contributed by atoms with E-state index in [1.165, 1.54) is 25.3 Å². The fourth-order valence-electron chi connectivity index (χ4n) is 2.94. The number of aliphatic hydroxyl groups excluding tert-OH is 1. The van der Waals surface area contributed by atoms with Crippen molar-refractivity contribution in [2.45, 2.75) is 82.8 Å². The number of carbonyl (C=O) groups is 2. The van der Waals surface area contributed by atoms with Crippen molar-refractivity contribution < 1.29 is 24.9 Å². The van der Waals surface area contributed by atoms with Gasteiger partial charge in [-0.25, -0.2) is 0 Å². The topological polar surface area (TPSA) is 94.8 Å². The van der Waals surface area contributed by atoms with Gasteiger partial charge in [-0.1, -0.05) is 38.0 Å². The van der Waals surface area contributed by atoms with E-state index in [-0.39, 0.29) is 25.0 Å². The van der Waals surface area contributed by atoms with E-state index >= 15 is 0 Å². The summed E-state index contributed by atoms with van der Waals surface area (Å²) >= 11 is 0. The van der Waals surface area contributed by atoms with E-state index in [1.807, 2.05) is 6.08 Å². The first-order valence-corrected chi connectivity index (χ1v) is 9.39. The van der Waals surface area contributed by atoms with E-state index in [0.29, 0.717) is 6.42 Å². The van der Waals surface area contributed by atoms with Crippen LogP contribution in [0.15, 0.2) is 24.3 Å². The molecule has 5 heteroatoms. The average Bonchev–Trinajstić information content (AvgIpc) is 3.26. The van der Waals surface area contributed by atoms with Gasteiger partial charge in [0.1, 0.15) is 5.60 Å². The highest BCUT2D eigenvalue weighted by atomic mass is 16.4. The van der Waals surface area contributed by atoms with Crippen molar-refractivity contribution in [1.82, 2.24) is 0 Å². The summed E-state index contributed by atoms with van der Waals surface area (Å²) in [5, 5.41) is 28.8. The highest BCUT2D eigenvalue weighted by molar-refractivity contribution is 5.95. The van der Waals surface area contributed by atoms with Crippen LogP contribution in [-0.4, -0.2) is 38.8 Å². The van der Waals surface area contributed by atoms with E-state index in [4.69, 9.17) is 5.11 Å². The Morgan fingerprint density at radius 3 is 2.48 bits per heavy atom. The third-order valence-corrected chi connectivity index (χ3v) is 4.69. The summed E-state index contributed by atoms with van der Waals surface area (Å²) in [6, 6.07) is 0. The maximum Gasteiger partial charge on any atom is 0.303 e. The van der Waals surface area contributed by atoms with E-state index in [1.54, 1.807) is 0 Å². The lowest BCUT2D eigenvalue weighted by Crippen LogP contribution is -2.31. The number of hydrogen-bond donors (Lipinski definition) is 3. The molecule has 0 bridgehead atoms. The number of unbranched alkanes of at least 4 members (excludes halogenated alkanes) is 4. The molecule has 0 aromatic heterocycles. The molecule has 1 saturated carbocycles. The zero-order valence-electron chi connectivity index (χ0n) is 15.2. The number of carbonyl (C=O) groups excluding carboxylic acids is 1. The molecule has 5 nitrogen and oxygen atoms in total. The fourth-order valence-corrected chi connectivity index (χ4v) is 2.94. The molecule has 0 aromatic rings. The van der Waals surface area contributed by atoms with Crippen LogP contribution in [0, 0.1) is 5.92 Å². The standard InChI is InChI=1S/C20H32O5/c1-2-3-4-5-6-7-8-9-10-12-17(21)16-15-20(16,25)18(22)13-11-14-19(23)24/h6-7,10,12,16,18,22,25H,2-5,8-9,11,13-15H2,1H3,(H,23,24). The molecule has 0 heterocycles. The molecule has 1 aliphatic carbocycles. The number of ketones is 1. The monoisotopic (exact) mass is 352 g/mol. The van der Waals surface area contributed by atoms with Gasteiger partial charge in [0.25, 0.3) is 0 Å². The zero-order valence-corrected chi connectivity index (χ0v) is 15.2. The number of allylic oxidation sites excluding steroid dienone is 4. The number of rotatable bonds is 14. The minimum Gasteiger partial charge on any atom is -0.481 e. The summed E-state index contributed by atoms with van der Waals surface area (Å²) in [6.07, 6.45) is 13.7. The molecule has 142 valence electrons. The molecule has 1 rings (SSSR count). The van der Waals surface area contributed by atoms with Crippen molar-refractivity contribution in [3.63, 3.8) is 0 Å². The van der Waals surface area contributed by atoms with Crippen molar-refractivity contribution in [3.05, 3.63) is 24.3 Å². The Morgan fingerprint density at radius 1 is 1.12 bits per heavy atom. The minimum atomic E-state index is -1.38. The van der Waals surface area contributed by atoms with E-state index in [2.05, 4.69) is 19.1 Å². The Kier molecular flexibility index (Phi) is 9.68.